The van der Waals surface area contributed by atoms with Gasteiger partial charge < -0.3 is 16.8 Å². The average molecular weight is 142 g/mol. The van der Waals surface area contributed by atoms with Crippen LogP contribution in [0, 0.1) is 6.92 Å². The van der Waals surface area contributed by atoms with Gasteiger partial charge in [0.15, 0.2) is 0 Å². The van der Waals surface area contributed by atoms with Gasteiger partial charge >= 0.3 is 0 Å². The van der Waals surface area contributed by atoms with E-state index in [1.54, 1.807) is 0 Å². The van der Waals surface area contributed by atoms with Crippen LogP contribution in [0.3, 0.4) is 0 Å². The highest BCUT2D eigenvalue weighted by Gasteiger charge is 2.02. The molecule has 0 fully saturated rings. The Morgan fingerprint density at radius 2 is 2.10 bits per heavy atom. The van der Waals surface area contributed by atoms with Crippen LogP contribution in [0.2, 0.25) is 0 Å². The van der Waals surface area contributed by atoms with Gasteiger partial charge in [0.2, 0.25) is 0 Å². The second-order valence-electron chi connectivity index (χ2n) is 3.03. The zero-order chi connectivity index (χ0) is 8.20. The van der Waals surface area contributed by atoms with Crippen molar-refractivity contribution in [1.82, 2.24) is 0 Å². The largest absolute Gasteiger partial charge is 0.608 e. The molecule has 0 aromatic rings. The Hall–Kier alpha value is -0.660. The van der Waals surface area contributed by atoms with Crippen LogP contribution in [0.25, 0.3) is 0 Å². The Morgan fingerprint density at radius 1 is 1.60 bits per heavy atom. The summed E-state index contributed by atoms with van der Waals surface area (Å²) in [7, 11) is 0. The van der Waals surface area contributed by atoms with Gasteiger partial charge in [-0.25, -0.2) is 0 Å². The summed E-state index contributed by atoms with van der Waals surface area (Å²) in [6.45, 7) is 9.00. The molecule has 0 unspecified atom stereocenters. The van der Waals surface area contributed by atoms with Gasteiger partial charge in [0.05, 0.1) is 0 Å². The molecule has 0 radical (unpaired) electrons. The van der Waals surface area contributed by atoms with Crippen LogP contribution in [-0.2, 0) is 4.74 Å². The molecule has 0 saturated heterocycles. The molecule has 0 saturated carbocycles. The van der Waals surface area contributed by atoms with Gasteiger partial charge in [-0.15, -0.1) is 0 Å². The van der Waals surface area contributed by atoms with E-state index >= 15 is 0 Å². The Balaban J connectivity index is 3.79. The maximum atomic E-state index is 10.7. The zero-order valence-electron chi connectivity index (χ0n) is 6.81. The topological polar surface area (TPSA) is 32.3 Å². The lowest BCUT2D eigenvalue weighted by molar-refractivity contribution is -0.369. The minimum atomic E-state index is -0.386. The van der Waals surface area contributed by atoms with Crippen LogP contribution < -0.4 is 5.11 Å². The first-order chi connectivity index (χ1) is 4.45. The second-order valence-corrected chi connectivity index (χ2v) is 3.03. The number of rotatable bonds is 2. The number of ether oxygens (including phenoxy) is 1. The van der Waals surface area contributed by atoms with E-state index in [9.17, 15) is 5.11 Å². The molecule has 0 aromatic carbocycles. The molecular formula is C8H14O2-2. The molecular weight excluding hydrogens is 128 g/mol. The maximum absolute atomic E-state index is 10.7. The molecule has 10 heavy (non-hydrogen) atoms. The first-order valence-electron chi connectivity index (χ1n) is 3.31. The second kappa shape index (κ2) is 3.49. The van der Waals surface area contributed by atoms with Crippen molar-refractivity contribution in [3.05, 3.63) is 18.9 Å². The van der Waals surface area contributed by atoms with Crippen LogP contribution in [0.4, 0.5) is 0 Å². The predicted molar refractivity (Wildman–Crippen MR) is 38.9 cm³/mol. The molecule has 0 spiro atoms. The third-order valence-corrected chi connectivity index (χ3v) is 0.718. The smallest absolute Gasteiger partial charge is 0.0450 e. The highest BCUT2D eigenvalue weighted by Crippen LogP contribution is 2.09. The van der Waals surface area contributed by atoms with Crippen LogP contribution in [0.15, 0.2) is 12.0 Å². The van der Waals surface area contributed by atoms with Crippen molar-refractivity contribution in [2.24, 2.45) is 0 Å². The summed E-state index contributed by atoms with van der Waals surface area (Å²) in [5.41, 5.74) is -0.386. The lowest BCUT2D eigenvalue weighted by atomic mass is 10.2. The number of hydrogen-bond acceptors (Lipinski definition) is 2. The Morgan fingerprint density at radius 3 is 2.40 bits per heavy atom. The van der Waals surface area contributed by atoms with E-state index in [0.29, 0.717) is 6.42 Å². The minimum Gasteiger partial charge on any atom is -0.608 e. The number of allylic oxidation sites excluding steroid dienone is 1. The normalized spacial score (nSPS) is 13.4. The van der Waals surface area contributed by atoms with Crippen molar-refractivity contribution in [3.63, 3.8) is 0 Å². The SMILES string of the molecule is [CH2-]C/C=C(\[O-])OC(C)(C)C. The van der Waals surface area contributed by atoms with E-state index in [0.717, 1.165) is 0 Å². The third-order valence-electron chi connectivity index (χ3n) is 0.718. The molecule has 0 atom stereocenters. The van der Waals surface area contributed by atoms with Gasteiger partial charge in [0, 0.05) is 11.5 Å². The zero-order valence-corrected chi connectivity index (χ0v) is 6.81. The van der Waals surface area contributed by atoms with Gasteiger partial charge in [-0.3, -0.25) is 0 Å². The van der Waals surface area contributed by atoms with Crippen LogP contribution in [-0.4, -0.2) is 5.60 Å². The highest BCUT2D eigenvalue weighted by molar-refractivity contribution is 4.83. The fraction of sp³-hybridized carbons (Fsp3) is 0.625. The van der Waals surface area contributed by atoms with Crippen molar-refractivity contribution in [2.45, 2.75) is 32.8 Å². The Kier molecular flexibility index (Phi) is 3.26. The van der Waals surface area contributed by atoms with Gasteiger partial charge in [-0.2, -0.15) is 6.42 Å². The van der Waals surface area contributed by atoms with Gasteiger partial charge in [0.25, 0.3) is 0 Å². The van der Waals surface area contributed by atoms with Crippen LogP contribution in [0.5, 0.6) is 0 Å². The molecule has 0 N–H and O–H groups in total. The summed E-state index contributed by atoms with van der Waals surface area (Å²) in [5.74, 6) is -0.289. The summed E-state index contributed by atoms with van der Waals surface area (Å²) in [5, 5.41) is 10.7. The summed E-state index contributed by atoms with van der Waals surface area (Å²) >= 11 is 0. The van der Waals surface area contributed by atoms with Crippen molar-refractivity contribution < 1.29 is 9.84 Å². The standard InChI is InChI=1S/C8H15O2/c1-5-6-7(9)10-8(2,3)4/h6,9H,1,5H2,2-4H3/q-1/p-1/b7-6+. The minimum absolute atomic E-state index is 0.289. The van der Waals surface area contributed by atoms with Crippen molar-refractivity contribution in [3.8, 4) is 0 Å². The van der Waals surface area contributed by atoms with E-state index in [1.807, 2.05) is 20.8 Å². The molecule has 0 aliphatic heterocycles. The van der Waals surface area contributed by atoms with E-state index in [-0.39, 0.29) is 11.5 Å². The lowest BCUT2D eigenvalue weighted by Gasteiger charge is -2.30. The molecule has 0 aliphatic rings. The van der Waals surface area contributed by atoms with E-state index in [2.05, 4.69) is 6.92 Å². The third kappa shape index (κ3) is 5.48. The Bertz CT molecular complexity index is 120. The van der Waals surface area contributed by atoms with E-state index in [1.165, 1.54) is 6.08 Å². The maximum Gasteiger partial charge on any atom is 0.0450 e. The predicted octanol–water partition coefficient (Wildman–Crippen LogP) is 1.23. The molecule has 0 aliphatic carbocycles. The quantitative estimate of drug-likeness (QED) is 0.429. The van der Waals surface area contributed by atoms with E-state index in [4.69, 9.17) is 4.74 Å². The van der Waals surface area contributed by atoms with Crippen molar-refractivity contribution in [2.75, 3.05) is 0 Å². The van der Waals surface area contributed by atoms with Crippen LogP contribution in [0.1, 0.15) is 27.2 Å². The molecule has 0 aromatic heterocycles. The van der Waals surface area contributed by atoms with Crippen LogP contribution >= 0.6 is 0 Å². The number of hydrogen-bond donors (Lipinski definition) is 0. The molecule has 0 amide bonds. The van der Waals surface area contributed by atoms with E-state index < -0.39 is 0 Å². The molecule has 2 nitrogen and oxygen atoms in total. The van der Waals surface area contributed by atoms with Gasteiger partial charge in [-0.1, -0.05) is 26.8 Å². The molecule has 0 rings (SSSR count). The molecule has 0 heterocycles. The first-order valence-corrected chi connectivity index (χ1v) is 3.31. The lowest BCUT2D eigenvalue weighted by Crippen LogP contribution is -2.23. The fourth-order valence-electron chi connectivity index (χ4n) is 0.461. The summed E-state index contributed by atoms with van der Waals surface area (Å²) in [6, 6.07) is 0. The average Bonchev–Trinajstić information content (AvgIpc) is 1.59. The summed E-state index contributed by atoms with van der Waals surface area (Å²) in [6.07, 6.45) is 1.90. The fourth-order valence-corrected chi connectivity index (χ4v) is 0.461. The Labute approximate surface area is 62.5 Å². The summed E-state index contributed by atoms with van der Waals surface area (Å²) < 4.78 is 4.94. The molecule has 0 bridgehead atoms. The van der Waals surface area contributed by atoms with Crippen molar-refractivity contribution in [1.29, 1.82) is 0 Å². The summed E-state index contributed by atoms with van der Waals surface area (Å²) in [4.78, 5) is 0. The highest BCUT2D eigenvalue weighted by atomic mass is 16.6. The van der Waals surface area contributed by atoms with Gasteiger partial charge in [-0.05, 0) is 0 Å². The monoisotopic (exact) mass is 142 g/mol. The van der Waals surface area contributed by atoms with Gasteiger partial charge in [0.1, 0.15) is 0 Å². The van der Waals surface area contributed by atoms with Crippen molar-refractivity contribution >= 4 is 0 Å². The molecule has 2 heteroatoms. The first kappa shape index (κ1) is 9.34. The molecule has 60 valence electrons.